The Bertz CT molecular complexity index is 1160. The minimum absolute atomic E-state index is 0.0170. The van der Waals surface area contributed by atoms with Gasteiger partial charge in [-0.3, -0.25) is 14.8 Å². The molecule has 0 saturated heterocycles. The van der Waals surface area contributed by atoms with Gasteiger partial charge in [-0.15, -0.1) is 0 Å². The summed E-state index contributed by atoms with van der Waals surface area (Å²) in [5.41, 5.74) is 6.09. The van der Waals surface area contributed by atoms with Crippen molar-refractivity contribution in [3.8, 4) is 0 Å². The number of amidine groups is 1. The van der Waals surface area contributed by atoms with Gasteiger partial charge in [0, 0.05) is 18.2 Å². The first-order valence-corrected chi connectivity index (χ1v) is 11.3. The van der Waals surface area contributed by atoms with E-state index in [9.17, 15) is 17.6 Å². The van der Waals surface area contributed by atoms with Gasteiger partial charge in [-0.05, 0) is 57.0 Å². The number of Topliss-reactive ketones (excluding diaryl/α,β-unsaturated/α-hetero) is 1. The molecule has 9 heteroatoms. The first kappa shape index (κ1) is 22.4. The Labute approximate surface area is 180 Å². The molecule has 30 heavy (non-hydrogen) atoms. The topological polar surface area (TPSA) is 102 Å². The molecule has 0 saturated carbocycles. The molecule has 6 nitrogen and oxygen atoms in total. The Morgan fingerprint density at radius 2 is 1.93 bits per heavy atom. The van der Waals surface area contributed by atoms with Crippen LogP contribution in [0.25, 0.3) is 0 Å². The molecule has 3 rings (SSSR count). The number of nitrogens with two attached hydrogens (primary N) is 1. The molecule has 1 aromatic heterocycles. The van der Waals surface area contributed by atoms with Crippen molar-refractivity contribution in [1.82, 2.24) is 4.98 Å². The number of aryl methyl sites for hydroxylation is 1. The summed E-state index contributed by atoms with van der Waals surface area (Å²) in [6.45, 7) is 6.29. The van der Waals surface area contributed by atoms with Crippen LogP contribution in [0.1, 0.15) is 48.0 Å². The fraction of sp³-hybridized carbons (Fsp3) is 0.381. The lowest BCUT2D eigenvalue weighted by atomic mass is 9.90. The summed E-state index contributed by atoms with van der Waals surface area (Å²) in [5.74, 6) is -1.58. The number of ketones is 1. The second kappa shape index (κ2) is 7.42. The molecule has 1 atom stereocenters. The third kappa shape index (κ3) is 3.86. The maximum absolute atomic E-state index is 15.0. The number of hydrogen-bond acceptors (Lipinski definition) is 6. The minimum Gasteiger partial charge on any atom is -0.386 e. The summed E-state index contributed by atoms with van der Waals surface area (Å²) in [6.07, 6.45) is 1.51. The molecule has 1 aromatic carbocycles. The van der Waals surface area contributed by atoms with Crippen LogP contribution in [0, 0.1) is 12.7 Å². The summed E-state index contributed by atoms with van der Waals surface area (Å²) >= 11 is 6.08. The normalized spacial score (nSPS) is 22.4. The minimum atomic E-state index is -3.72. The van der Waals surface area contributed by atoms with Gasteiger partial charge in [-0.1, -0.05) is 17.7 Å². The smallest absolute Gasteiger partial charge is 0.185 e. The predicted molar refractivity (Wildman–Crippen MR) is 115 cm³/mol. The molecule has 1 aliphatic heterocycles. The molecule has 0 radical (unpaired) electrons. The lowest BCUT2D eigenvalue weighted by molar-refractivity contribution is 0.0988. The number of rotatable bonds is 4. The number of aliphatic imine (C=N–C) groups is 1. The van der Waals surface area contributed by atoms with Gasteiger partial charge >= 0.3 is 0 Å². The lowest BCUT2D eigenvalue weighted by Crippen LogP contribution is -2.55. The van der Waals surface area contributed by atoms with Crippen molar-refractivity contribution in [2.75, 3.05) is 5.75 Å². The van der Waals surface area contributed by atoms with Crippen molar-refractivity contribution in [2.45, 2.75) is 44.4 Å². The number of nitrogens with zero attached hydrogens (tertiary/aromatic N) is 2. The van der Waals surface area contributed by atoms with E-state index in [2.05, 4.69) is 9.98 Å². The molecule has 0 aliphatic carbocycles. The van der Waals surface area contributed by atoms with Crippen LogP contribution in [0.2, 0.25) is 5.02 Å². The van der Waals surface area contributed by atoms with Crippen molar-refractivity contribution < 1.29 is 17.6 Å². The molecule has 2 aromatic rings. The van der Waals surface area contributed by atoms with E-state index in [0.29, 0.717) is 5.56 Å². The Hall–Kier alpha value is -2.32. The Balaban J connectivity index is 2.05. The van der Waals surface area contributed by atoms with E-state index < -0.39 is 31.7 Å². The largest absolute Gasteiger partial charge is 0.386 e. The van der Waals surface area contributed by atoms with Crippen LogP contribution >= 0.6 is 11.6 Å². The predicted octanol–water partition coefficient (Wildman–Crippen LogP) is 3.39. The molecule has 0 bridgehead atoms. The average molecular weight is 452 g/mol. The lowest BCUT2D eigenvalue weighted by Gasteiger charge is -2.38. The number of sulfone groups is 1. The van der Waals surface area contributed by atoms with Crippen LogP contribution in [-0.4, -0.2) is 35.5 Å². The SMILES string of the molecule is Cc1ccc(C(=O)Cc2cc(Cl)c(F)c([C@]3(C)CS(=O)(=O)C(C)(C)C(N)=N3)c2)nc1. The van der Waals surface area contributed by atoms with Gasteiger partial charge in [0.15, 0.2) is 15.6 Å². The third-order valence-electron chi connectivity index (χ3n) is 5.46. The van der Waals surface area contributed by atoms with E-state index in [1.165, 1.54) is 32.9 Å². The van der Waals surface area contributed by atoms with Gasteiger partial charge in [0.25, 0.3) is 0 Å². The zero-order valence-corrected chi connectivity index (χ0v) is 18.7. The van der Waals surface area contributed by atoms with E-state index in [1.54, 1.807) is 18.3 Å². The van der Waals surface area contributed by atoms with Crippen LogP contribution in [0.3, 0.4) is 0 Å². The number of carbonyl (C=O) groups is 1. The van der Waals surface area contributed by atoms with Gasteiger partial charge in [0.2, 0.25) is 0 Å². The van der Waals surface area contributed by atoms with Gasteiger partial charge in [0.1, 0.15) is 27.6 Å². The number of halogens is 2. The monoisotopic (exact) mass is 451 g/mol. The zero-order valence-electron chi connectivity index (χ0n) is 17.2. The van der Waals surface area contributed by atoms with Crippen molar-refractivity contribution >= 4 is 33.1 Å². The van der Waals surface area contributed by atoms with E-state index in [-0.39, 0.29) is 34.3 Å². The highest BCUT2D eigenvalue weighted by Crippen LogP contribution is 2.39. The van der Waals surface area contributed by atoms with Crippen LogP contribution in [0.15, 0.2) is 35.5 Å². The van der Waals surface area contributed by atoms with Gasteiger partial charge < -0.3 is 5.73 Å². The van der Waals surface area contributed by atoms with Crippen molar-refractivity contribution in [1.29, 1.82) is 0 Å². The first-order chi connectivity index (χ1) is 13.8. The molecule has 0 fully saturated rings. The highest BCUT2D eigenvalue weighted by Gasteiger charge is 2.49. The van der Waals surface area contributed by atoms with E-state index in [1.807, 2.05) is 6.92 Å². The first-order valence-electron chi connectivity index (χ1n) is 9.29. The van der Waals surface area contributed by atoms with E-state index in [0.717, 1.165) is 5.56 Å². The van der Waals surface area contributed by atoms with Crippen LogP contribution < -0.4 is 5.73 Å². The Morgan fingerprint density at radius 3 is 2.50 bits per heavy atom. The summed E-state index contributed by atoms with van der Waals surface area (Å²) in [7, 11) is -3.72. The van der Waals surface area contributed by atoms with E-state index >= 15 is 0 Å². The number of aromatic nitrogens is 1. The molecule has 0 spiro atoms. The molecular weight excluding hydrogens is 429 g/mol. The number of hydrogen-bond donors (Lipinski definition) is 1. The summed E-state index contributed by atoms with van der Waals surface area (Å²) < 4.78 is 39.2. The number of carbonyl (C=O) groups excluding carboxylic acids is 1. The summed E-state index contributed by atoms with van der Waals surface area (Å²) in [5, 5.41) is -0.218. The molecule has 2 heterocycles. The van der Waals surface area contributed by atoms with Gasteiger partial charge in [-0.25, -0.2) is 12.8 Å². The summed E-state index contributed by atoms with van der Waals surface area (Å²) in [4.78, 5) is 21.0. The maximum atomic E-state index is 15.0. The molecule has 2 N–H and O–H groups in total. The molecule has 160 valence electrons. The van der Waals surface area contributed by atoms with Crippen molar-refractivity contribution in [2.24, 2.45) is 10.7 Å². The molecule has 0 amide bonds. The fourth-order valence-corrected chi connectivity index (χ4v) is 5.26. The quantitative estimate of drug-likeness (QED) is 0.718. The second-order valence-electron chi connectivity index (χ2n) is 8.30. The van der Waals surface area contributed by atoms with Crippen LogP contribution in [0.5, 0.6) is 0 Å². The molecule has 1 aliphatic rings. The maximum Gasteiger partial charge on any atom is 0.185 e. The highest BCUT2D eigenvalue weighted by atomic mass is 35.5. The molecular formula is C21H23ClFN3O3S. The van der Waals surface area contributed by atoms with E-state index in [4.69, 9.17) is 17.3 Å². The van der Waals surface area contributed by atoms with Gasteiger partial charge in [-0.2, -0.15) is 0 Å². The van der Waals surface area contributed by atoms with Gasteiger partial charge in [0.05, 0.1) is 10.8 Å². The highest BCUT2D eigenvalue weighted by molar-refractivity contribution is 7.93. The van der Waals surface area contributed by atoms with Crippen LogP contribution in [-0.2, 0) is 21.8 Å². The number of pyridine rings is 1. The van der Waals surface area contributed by atoms with Crippen molar-refractivity contribution in [3.63, 3.8) is 0 Å². The third-order valence-corrected chi connectivity index (χ3v) is 8.44. The summed E-state index contributed by atoms with van der Waals surface area (Å²) in [6, 6.07) is 6.17. The Kier molecular flexibility index (Phi) is 5.54. The van der Waals surface area contributed by atoms with Crippen molar-refractivity contribution in [3.05, 3.63) is 63.7 Å². The molecule has 0 unspecified atom stereocenters. The fourth-order valence-electron chi connectivity index (χ4n) is 3.33. The average Bonchev–Trinajstić information content (AvgIpc) is 2.63. The zero-order chi connectivity index (χ0) is 22.5. The number of benzene rings is 1. The standard InChI is InChI=1S/C21H23ClFN3O3S/c1-12-5-6-16(25-10-12)17(27)9-13-7-14(18(23)15(22)8-13)21(4)11-30(28,29)20(2,3)19(24)26-21/h5-8,10H,9,11H2,1-4H3,(H2,24,26)/t21-/m0/s1. The Morgan fingerprint density at radius 1 is 1.27 bits per heavy atom. The van der Waals surface area contributed by atoms with Crippen LogP contribution in [0.4, 0.5) is 4.39 Å². The second-order valence-corrected chi connectivity index (χ2v) is 11.2.